The standard InChI is InChI=1S/C12H15BrO2S/c1-3-15-12(14)9(2)8-16-11-6-4-5-10(13)7-11/h4-7,9H,3,8H2,1-2H3. The highest BCUT2D eigenvalue weighted by Gasteiger charge is 2.13. The van der Waals surface area contributed by atoms with Crippen LogP contribution in [-0.2, 0) is 9.53 Å². The first-order valence-corrected chi connectivity index (χ1v) is 6.96. The number of thioether (sulfide) groups is 1. The van der Waals surface area contributed by atoms with Gasteiger partial charge in [0.15, 0.2) is 0 Å². The normalized spacial score (nSPS) is 12.2. The van der Waals surface area contributed by atoms with Crippen LogP contribution < -0.4 is 0 Å². The van der Waals surface area contributed by atoms with Crippen LogP contribution in [0.4, 0.5) is 0 Å². The zero-order valence-electron chi connectivity index (χ0n) is 9.40. The van der Waals surface area contributed by atoms with E-state index in [0.29, 0.717) is 6.61 Å². The van der Waals surface area contributed by atoms with Crippen molar-refractivity contribution in [2.75, 3.05) is 12.4 Å². The Morgan fingerprint density at radius 1 is 1.56 bits per heavy atom. The van der Waals surface area contributed by atoms with Crippen molar-refractivity contribution < 1.29 is 9.53 Å². The fourth-order valence-corrected chi connectivity index (χ4v) is 2.64. The molecular formula is C12H15BrO2S. The van der Waals surface area contributed by atoms with Crippen LogP contribution in [0.25, 0.3) is 0 Å². The largest absolute Gasteiger partial charge is 0.466 e. The Balaban J connectivity index is 2.42. The van der Waals surface area contributed by atoms with Gasteiger partial charge in [0.05, 0.1) is 12.5 Å². The van der Waals surface area contributed by atoms with Gasteiger partial charge in [0, 0.05) is 15.1 Å². The quantitative estimate of drug-likeness (QED) is 0.612. The summed E-state index contributed by atoms with van der Waals surface area (Å²) in [7, 11) is 0. The molecule has 0 amide bonds. The average Bonchev–Trinajstić information content (AvgIpc) is 2.26. The predicted molar refractivity (Wildman–Crippen MR) is 70.7 cm³/mol. The van der Waals surface area contributed by atoms with Crippen LogP contribution >= 0.6 is 27.7 Å². The zero-order chi connectivity index (χ0) is 12.0. The molecule has 2 nitrogen and oxygen atoms in total. The van der Waals surface area contributed by atoms with E-state index in [1.54, 1.807) is 11.8 Å². The molecule has 1 atom stereocenters. The third-order valence-electron chi connectivity index (χ3n) is 1.99. The van der Waals surface area contributed by atoms with Gasteiger partial charge in [-0.2, -0.15) is 0 Å². The van der Waals surface area contributed by atoms with Gasteiger partial charge in [-0.1, -0.05) is 28.9 Å². The Bertz CT molecular complexity index is 355. The van der Waals surface area contributed by atoms with Crippen LogP contribution in [0, 0.1) is 5.92 Å². The molecule has 1 rings (SSSR count). The molecule has 1 aromatic rings. The van der Waals surface area contributed by atoms with E-state index < -0.39 is 0 Å². The minimum absolute atomic E-state index is 0.0658. The minimum atomic E-state index is -0.120. The number of benzene rings is 1. The second-order valence-corrected chi connectivity index (χ2v) is 5.43. The summed E-state index contributed by atoms with van der Waals surface area (Å²) in [6.07, 6.45) is 0. The highest BCUT2D eigenvalue weighted by molar-refractivity contribution is 9.10. The van der Waals surface area contributed by atoms with Gasteiger partial charge in [-0.3, -0.25) is 4.79 Å². The van der Waals surface area contributed by atoms with Gasteiger partial charge in [0.2, 0.25) is 0 Å². The predicted octanol–water partition coefficient (Wildman–Crippen LogP) is 3.74. The van der Waals surface area contributed by atoms with Crippen molar-refractivity contribution in [2.24, 2.45) is 5.92 Å². The van der Waals surface area contributed by atoms with Gasteiger partial charge >= 0.3 is 5.97 Å². The number of carbonyl (C=O) groups is 1. The molecule has 0 spiro atoms. The van der Waals surface area contributed by atoms with Gasteiger partial charge in [0.1, 0.15) is 0 Å². The molecule has 0 saturated carbocycles. The Labute approximate surface area is 109 Å². The molecular weight excluding hydrogens is 288 g/mol. The molecule has 16 heavy (non-hydrogen) atoms. The lowest BCUT2D eigenvalue weighted by Crippen LogP contribution is -2.16. The maximum Gasteiger partial charge on any atom is 0.309 e. The van der Waals surface area contributed by atoms with Crippen molar-refractivity contribution in [1.82, 2.24) is 0 Å². The van der Waals surface area contributed by atoms with Crippen molar-refractivity contribution in [3.63, 3.8) is 0 Å². The summed E-state index contributed by atoms with van der Waals surface area (Å²) in [6, 6.07) is 8.05. The Morgan fingerprint density at radius 2 is 2.31 bits per heavy atom. The summed E-state index contributed by atoms with van der Waals surface area (Å²) >= 11 is 5.08. The van der Waals surface area contributed by atoms with Crippen molar-refractivity contribution >= 4 is 33.7 Å². The van der Waals surface area contributed by atoms with Crippen molar-refractivity contribution in [1.29, 1.82) is 0 Å². The molecule has 4 heteroatoms. The van der Waals surface area contributed by atoms with E-state index in [2.05, 4.69) is 15.9 Å². The van der Waals surface area contributed by atoms with Crippen molar-refractivity contribution in [3.05, 3.63) is 28.7 Å². The molecule has 88 valence electrons. The zero-order valence-corrected chi connectivity index (χ0v) is 11.8. The van der Waals surface area contributed by atoms with Crippen LogP contribution in [0.3, 0.4) is 0 Å². The first-order valence-electron chi connectivity index (χ1n) is 5.18. The van der Waals surface area contributed by atoms with Crippen LogP contribution in [0.1, 0.15) is 13.8 Å². The lowest BCUT2D eigenvalue weighted by Gasteiger charge is -2.09. The second kappa shape index (κ2) is 6.97. The van der Waals surface area contributed by atoms with Gasteiger partial charge in [-0.15, -0.1) is 11.8 Å². The van der Waals surface area contributed by atoms with E-state index in [4.69, 9.17) is 4.74 Å². The summed E-state index contributed by atoms with van der Waals surface area (Å²) in [5.74, 6) is 0.559. The van der Waals surface area contributed by atoms with Crippen LogP contribution in [0.2, 0.25) is 0 Å². The second-order valence-electron chi connectivity index (χ2n) is 3.42. The summed E-state index contributed by atoms with van der Waals surface area (Å²) in [6.45, 7) is 4.17. The number of carbonyl (C=O) groups excluding carboxylic acids is 1. The molecule has 0 N–H and O–H groups in total. The highest BCUT2D eigenvalue weighted by atomic mass is 79.9. The number of halogens is 1. The average molecular weight is 303 g/mol. The molecule has 0 aromatic heterocycles. The third kappa shape index (κ3) is 4.58. The maximum absolute atomic E-state index is 11.4. The van der Waals surface area contributed by atoms with E-state index in [0.717, 1.165) is 15.1 Å². The lowest BCUT2D eigenvalue weighted by molar-refractivity contribution is -0.146. The van der Waals surface area contributed by atoms with E-state index in [1.807, 2.05) is 38.1 Å². The molecule has 0 aliphatic rings. The number of esters is 1. The number of ether oxygens (including phenoxy) is 1. The van der Waals surface area contributed by atoms with E-state index in [9.17, 15) is 4.79 Å². The van der Waals surface area contributed by atoms with Crippen LogP contribution in [0.5, 0.6) is 0 Å². The number of hydrogen-bond acceptors (Lipinski definition) is 3. The monoisotopic (exact) mass is 302 g/mol. The topological polar surface area (TPSA) is 26.3 Å². The molecule has 0 aliphatic carbocycles. The fourth-order valence-electron chi connectivity index (χ4n) is 1.13. The SMILES string of the molecule is CCOC(=O)C(C)CSc1cccc(Br)c1. The highest BCUT2D eigenvalue weighted by Crippen LogP contribution is 2.24. The van der Waals surface area contributed by atoms with E-state index >= 15 is 0 Å². The third-order valence-corrected chi connectivity index (χ3v) is 3.73. The molecule has 0 saturated heterocycles. The van der Waals surface area contributed by atoms with Crippen molar-refractivity contribution in [3.8, 4) is 0 Å². The molecule has 1 aromatic carbocycles. The Hall–Kier alpha value is -0.480. The van der Waals surface area contributed by atoms with Crippen LogP contribution in [0.15, 0.2) is 33.6 Å². The van der Waals surface area contributed by atoms with Crippen molar-refractivity contribution in [2.45, 2.75) is 18.7 Å². The Morgan fingerprint density at radius 3 is 2.94 bits per heavy atom. The fraction of sp³-hybridized carbons (Fsp3) is 0.417. The molecule has 0 aliphatic heterocycles. The maximum atomic E-state index is 11.4. The first-order chi connectivity index (χ1) is 7.63. The molecule has 0 fully saturated rings. The molecule has 1 unspecified atom stereocenters. The van der Waals surface area contributed by atoms with Crippen LogP contribution in [-0.4, -0.2) is 18.3 Å². The number of rotatable bonds is 5. The summed E-state index contributed by atoms with van der Waals surface area (Å²) in [4.78, 5) is 12.5. The minimum Gasteiger partial charge on any atom is -0.466 e. The lowest BCUT2D eigenvalue weighted by atomic mass is 10.2. The first kappa shape index (κ1) is 13.6. The van der Waals surface area contributed by atoms with Gasteiger partial charge in [-0.05, 0) is 25.1 Å². The van der Waals surface area contributed by atoms with E-state index in [-0.39, 0.29) is 11.9 Å². The summed E-state index contributed by atoms with van der Waals surface area (Å²) < 4.78 is 6.01. The summed E-state index contributed by atoms with van der Waals surface area (Å²) in [5, 5.41) is 0. The molecule has 0 bridgehead atoms. The van der Waals surface area contributed by atoms with Gasteiger partial charge in [0.25, 0.3) is 0 Å². The molecule has 0 heterocycles. The van der Waals surface area contributed by atoms with Gasteiger partial charge < -0.3 is 4.74 Å². The van der Waals surface area contributed by atoms with E-state index in [1.165, 1.54) is 0 Å². The smallest absolute Gasteiger partial charge is 0.309 e. The Kier molecular flexibility index (Phi) is 5.91. The molecule has 0 radical (unpaired) electrons. The summed E-state index contributed by atoms with van der Waals surface area (Å²) in [5.41, 5.74) is 0. The number of hydrogen-bond donors (Lipinski definition) is 0. The van der Waals surface area contributed by atoms with Gasteiger partial charge in [-0.25, -0.2) is 0 Å².